The molecule has 19 heavy (non-hydrogen) atoms. The highest BCUT2D eigenvalue weighted by Crippen LogP contribution is 2.18. The highest BCUT2D eigenvalue weighted by atomic mass is 35.5. The van der Waals surface area contributed by atoms with Gasteiger partial charge >= 0.3 is 6.03 Å². The quantitative estimate of drug-likeness (QED) is 0.794. The third kappa shape index (κ3) is 5.13. The fraction of sp³-hybridized carbons (Fsp3) is 0.333. The highest BCUT2D eigenvalue weighted by Gasteiger charge is 2.15. The Hall–Kier alpha value is -1.82. The van der Waals surface area contributed by atoms with Crippen molar-refractivity contribution in [2.75, 3.05) is 11.9 Å². The van der Waals surface area contributed by atoms with Crippen LogP contribution < -0.4 is 16.0 Å². The standard InChI is InChI=1S/C12H15ClFN3O2/c1-3-15-12(19)17-11(18)7(2)16-10-5-8(13)4-9(14)6-10/h4-7,16H,3H2,1-2H3,(H2,15,17,18,19). The number of halogens is 2. The number of urea groups is 1. The molecule has 0 aliphatic rings. The summed E-state index contributed by atoms with van der Waals surface area (Å²) in [5.41, 5.74) is 0.364. The lowest BCUT2D eigenvalue weighted by molar-refractivity contribution is -0.120. The number of hydrogen-bond acceptors (Lipinski definition) is 3. The summed E-state index contributed by atoms with van der Waals surface area (Å²) in [6.45, 7) is 3.70. The monoisotopic (exact) mass is 287 g/mol. The first-order chi connectivity index (χ1) is 8.92. The van der Waals surface area contributed by atoms with Crippen molar-refractivity contribution in [1.82, 2.24) is 10.6 Å². The lowest BCUT2D eigenvalue weighted by atomic mass is 10.2. The van der Waals surface area contributed by atoms with E-state index in [0.717, 1.165) is 6.07 Å². The van der Waals surface area contributed by atoms with Crippen molar-refractivity contribution in [1.29, 1.82) is 0 Å². The van der Waals surface area contributed by atoms with E-state index in [-0.39, 0.29) is 5.02 Å². The number of carbonyl (C=O) groups excluding carboxylic acids is 2. The lowest BCUT2D eigenvalue weighted by Gasteiger charge is -2.15. The van der Waals surface area contributed by atoms with Gasteiger partial charge in [-0.1, -0.05) is 11.6 Å². The molecule has 3 amide bonds. The summed E-state index contributed by atoms with van der Waals surface area (Å²) in [5, 5.41) is 7.56. The Morgan fingerprint density at radius 1 is 1.37 bits per heavy atom. The zero-order chi connectivity index (χ0) is 14.4. The third-order valence-electron chi connectivity index (χ3n) is 2.21. The molecule has 104 valence electrons. The summed E-state index contributed by atoms with van der Waals surface area (Å²) in [6.07, 6.45) is 0. The van der Waals surface area contributed by atoms with Crippen LogP contribution in [0.2, 0.25) is 5.02 Å². The summed E-state index contributed by atoms with van der Waals surface area (Å²) >= 11 is 5.69. The number of hydrogen-bond donors (Lipinski definition) is 3. The van der Waals surface area contributed by atoms with Crippen LogP contribution in [0.1, 0.15) is 13.8 Å². The van der Waals surface area contributed by atoms with E-state index in [9.17, 15) is 14.0 Å². The molecular formula is C12H15ClFN3O2. The van der Waals surface area contributed by atoms with Gasteiger partial charge in [-0.3, -0.25) is 10.1 Å². The van der Waals surface area contributed by atoms with Gasteiger partial charge in [0.1, 0.15) is 11.9 Å². The molecule has 3 N–H and O–H groups in total. The Morgan fingerprint density at radius 3 is 2.63 bits per heavy atom. The summed E-state index contributed by atoms with van der Waals surface area (Å²) in [5.74, 6) is -1.03. The molecule has 0 heterocycles. The van der Waals surface area contributed by atoms with Gasteiger partial charge < -0.3 is 10.6 Å². The largest absolute Gasteiger partial charge is 0.374 e. The van der Waals surface area contributed by atoms with Crippen LogP contribution in [0.5, 0.6) is 0 Å². The number of rotatable bonds is 4. The number of anilines is 1. The summed E-state index contributed by atoms with van der Waals surface area (Å²) in [4.78, 5) is 22.8. The van der Waals surface area contributed by atoms with Crippen molar-refractivity contribution >= 4 is 29.2 Å². The maximum Gasteiger partial charge on any atom is 0.321 e. The molecule has 0 radical (unpaired) electrons. The average Bonchev–Trinajstić information content (AvgIpc) is 2.27. The van der Waals surface area contributed by atoms with Crippen LogP contribution in [0.25, 0.3) is 0 Å². The van der Waals surface area contributed by atoms with E-state index < -0.39 is 23.8 Å². The van der Waals surface area contributed by atoms with Gasteiger partial charge in [-0.25, -0.2) is 9.18 Å². The lowest BCUT2D eigenvalue weighted by Crippen LogP contribution is -2.45. The molecule has 0 aromatic heterocycles. The molecule has 0 fully saturated rings. The Morgan fingerprint density at radius 2 is 2.05 bits per heavy atom. The Labute approximate surface area is 115 Å². The molecule has 0 aliphatic heterocycles. The van der Waals surface area contributed by atoms with Gasteiger partial charge in [0.05, 0.1) is 0 Å². The molecule has 1 atom stereocenters. The van der Waals surface area contributed by atoms with Crippen molar-refractivity contribution in [3.8, 4) is 0 Å². The Kier molecular flexibility index (Phi) is 5.57. The molecule has 0 bridgehead atoms. The van der Waals surface area contributed by atoms with Crippen LogP contribution in [-0.2, 0) is 4.79 Å². The minimum atomic E-state index is -0.708. The van der Waals surface area contributed by atoms with E-state index in [1.54, 1.807) is 13.8 Å². The SMILES string of the molecule is CCNC(=O)NC(=O)C(C)Nc1cc(F)cc(Cl)c1. The topological polar surface area (TPSA) is 70.2 Å². The van der Waals surface area contributed by atoms with Crippen molar-refractivity contribution in [3.63, 3.8) is 0 Å². The van der Waals surface area contributed by atoms with Crippen LogP contribution in [0, 0.1) is 5.82 Å². The van der Waals surface area contributed by atoms with Crippen molar-refractivity contribution in [2.24, 2.45) is 0 Å². The van der Waals surface area contributed by atoms with Crippen LogP contribution in [0.15, 0.2) is 18.2 Å². The van der Waals surface area contributed by atoms with Gasteiger partial charge in [0.25, 0.3) is 0 Å². The molecule has 0 spiro atoms. The van der Waals surface area contributed by atoms with Gasteiger partial charge in [0.2, 0.25) is 5.91 Å². The minimum Gasteiger partial charge on any atom is -0.374 e. The van der Waals surface area contributed by atoms with E-state index in [0.29, 0.717) is 12.2 Å². The van der Waals surface area contributed by atoms with E-state index >= 15 is 0 Å². The zero-order valence-corrected chi connectivity index (χ0v) is 11.3. The summed E-state index contributed by atoms with van der Waals surface area (Å²) in [7, 11) is 0. The molecule has 1 rings (SSSR count). The van der Waals surface area contributed by atoms with Crippen molar-refractivity contribution in [2.45, 2.75) is 19.9 Å². The number of benzene rings is 1. The average molecular weight is 288 g/mol. The number of nitrogens with one attached hydrogen (secondary N) is 3. The van der Waals surface area contributed by atoms with Crippen molar-refractivity contribution < 1.29 is 14.0 Å². The molecule has 0 aliphatic carbocycles. The second-order valence-electron chi connectivity index (χ2n) is 3.87. The maximum atomic E-state index is 13.1. The van der Waals surface area contributed by atoms with E-state index in [1.807, 2.05) is 0 Å². The molecule has 0 saturated heterocycles. The van der Waals surface area contributed by atoms with Gasteiger partial charge in [-0.15, -0.1) is 0 Å². The highest BCUT2D eigenvalue weighted by molar-refractivity contribution is 6.30. The van der Waals surface area contributed by atoms with Gasteiger partial charge in [-0.05, 0) is 32.0 Å². The Bertz CT molecular complexity index is 462. The molecule has 7 heteroatoms. The van der Waals surface area contributed by atoms with E-state index in [4.69, 9.17) is 11.6 Å². The summed E-state index contributed by atoms with van der Waals surface area (Å²) < 4.78 is 13.1. The molecular weight excluding hydrogens is 273 g/mol. The van der Waals surface area contributed by atoms with Crippen LogP contribution in [0.3, 0.4) is 0 Å². The predicted molar refractivity (Wildman–Crippen MR) is 71.7 cm³/mol. The molecule has 0 saturated carbocycles. The number of amides is 3. The molecule has 1 aromatic carbocycles. The number of carbonyl (C=O) groups is 2. The van der Waals surface area contributed by atoms with Gasteiger partial charge in [-0.2, -0.15) is 0 Å². The normalized spacial score (nSPS) is 11.6. The first kappa shape index (κ1) is 15.2. The Balaban J connectivity index is 2.60. The minimum absolute atomic E-state index is 0.221. The fourth-order valence-electron chi connectivity index (χ4n) is 1.38. The van der Waals surface area contributed by atoms with Crippen LogP contribution in [0.4, 0.5) is 14.9 Å². The number of imide groups is 1. The first-order valence-corrected chi connectivity index (χ1v) is 6.11. The third-order valence-corrected chi connectivity index (χ3v) is 2.43. The van der Waals surface area contributed by atoms with E-state index in [1.165, 1.54) is 12.1 Å². The van der Waals surface area contributed by atoms with Crippen LogP contribution in [-0.4, -0.2) is 24.5 Å². The molecule has 1 unspecified atom stereocenters. The summed E-state index contributed by atoms with van der Waals surface area (Å²) in [6, 6.07) is 2.58. The second-order valence-corrected chi connectivity index (χ2v) is 4.31. The first-order valence-electron chi connectivity index (χ1n) is 5.73. The van der Waals surface area contributed by atoms with Crippen LogP contribution >= 0.6 is 11.6 Å². The smallest absolute Gasteiger partial charge is 0.321 e. The van der Waals surface area contributed by atoms with Crippen molar-refractivity contribution in [3.05, 3.63) is 29.0 Å². The molecule has 5 nitrogen and oxygen atoms in total. The maximum absolute atomic E-state index is 13.1. The molecule has 1 aromatic rings. The fourth-order valence-corrected chi connectivity index (χ4v) is 1.60. The van der Waals surface area contributed by atoms with Gasteiger partial charge in [0, 0.05) is 17.3 Å². The zero-order valence-electron chi connectivity index (χ0n) is 10.6. The van der Waals surface area contributed by atoms with E-state index in [2.05, 4.69) is 16.0 Å². The van der Waals surface area contributed by atoms with Gasteiger partial charge in [0.15, 0.2) is 0 Å². The second kappa shape index (κ2) is 6.94. The predicted octanol–water partition coefficient (Wildman–Crippen LogP) is 2.13.